The van der Waals surface area contributed by atoms with Crippen LogP contribution in [0.1, 0.15) is 124 Å². The highest BCUT2D eigenvalue weighted by Gasteiger charge is 2.35. The Hall–Kier alpha value is -2.34. The van der Waals surface area contributed by atoms with Crippen molar-refractivity contribution in [1.82, 2.24) is 16.0 Å². The second-order valence-electron chi connectivity index (χ2n) is 11.4. The average Bonchev–Trinajstić information content (AvgIpc) is 3.13. The number of benzene rings is 1. The molecule has 2 aliphatic rings. The summed E-state index contributed by atoms with van der Waals surface area (Å²) in [4.78, 5) is 13.1. The molecule has 1 heterocycles. The number of hydrogen-bond donors (Lipinski definition) is 4. The maximum atomic E-state index is 13.4. The zero-order chi connectivity index (χ0) is 37.8. The van der Waals surface area contributed by atoms with Crippen LogP contribution in [0.15, 0.2) is 65.0 Å². The van der Waals surface area contributed by atoms with Crippen LogP contribution in [0.25, 0.3) is 0 Å². The van der Waals surface area contributed by atoms with Crippen molar-refractivity contribution >= 4 is 33.8 Å². The summed E-state index contributed by atoms with van der Waals surface area (Å²) in [7, 11) is -0.892. The van der Waals surface area contributed by atoms with E-state index in [4.69, 9.17) is 0 Å². The standard InChI is InChI=1S/C29H43FN4O3S2.C4H8.2C2H6.CH3F/c1-20(2)22-11-9-12-23(18-22)29(15-6-5-7-16-29)31-19-26(35)24(13-8-10-21(3)30)32-27(36)25-14-17-38-28(33-25)34-39(4)37;1-3-4-2;3*1-2/h9-12,14,18,20,24,26,31,35H,5-8,13,15-17,19H2,1-4H3,(H,32,36)(H,33,34);3H,1,4H2,2H3;2*1-2H3;1H3/b21-10+;;;;. The van der Waals surface area contributed by atoms with Gasteiger partial charge in [0, 0.05) is 24.1 Å². The number of nitrogens with one attached hydrogen (secondary N) is 3. The number of aliphatic hydroxyl groups excluding tert-OH is 1. The van der Waals surface area contributed by atoms with E-state index in [1.807, 2.05) is 33.8 Å². The van der Waals surface area contributed by atoms with E-state index in [1.54, 1.807) is 6.08 Å². The van der Waals surface area contributed by atoms with Crippen molar-refractivity contribution in [3.63, 3.8) is 0 Å². The number of rotatable bonds is 13. The zero-order valence-corrected chi connectivity index (χ0v) is 33.5. The number of nitrogens with zero attached hydrogens (tertiary/aromatic N) is 1. The molecule has 1 aliphatic heterocycles. The predicted molar refractivity (Wildman–Crippen MR) is 211 cm³/mol. The summed E-state index contributed by atoms with van der Waals surface area (Å²) in [6.45, 7) is 19.6. The van der Waals surface area contributed by atoms with E-state index in [0.717, 1.165) is 32.1 Å². The first kappa shape index (κ1) is 48.8. The van der Waals surface area contributed by atoms with Gasteiger partial charge in [-0.1, -0.05) is 116 Å². The van der Waals surface area contributed by atoms with E-state index in [9.17, 15) is 22.9 Å². The highest BCUT2D eigenvalue weighted by atomic mass is 32.2. The van der Waals surface area contributed by atoms with Crippen LogP contribution in [0.4, 0.5) is 8.78 Å². The molecule has 1 aromatic rings. The Morgan fingerprint density at radius 3 is 2.33 bits per heavy atom. The molecular formula is C38H66F2N4O3S2. The molecule has 282 valence electrons. The second-order valence-corrected chi connectivity index (χ2v) is 13.4. The maximum Gasteiger partial charge on any atom is 0.267 e. The van der Waals surface area contributed by atoms with E-state index < -0.39 is 23.1 Å². The molecule has 1 amide bonds. The smallest absolute Gasteiger partial charge is 0.267 e. The number of halogens is 2. The van der Waals surface area contributed by atoms with Crippen LogP contribution in [0.5, 0.6) is 0 Å². The lowest BCUT2D eigenvalue weighted by atomic mass is 9.75. The van der Waals surface area contributed by atoms with E-state index in [2.05, 4.69) is 72.0 Å². The van der Waals surface area contributed by atoms with Crippen LogP contribution in [0.3, 0.4) is 0 Å². The van der Waals surface area contributed by atoms with Gasteiger partial charge in [0.2, 0.25) is 0 Å². The average molecular weight is 729 g/mol. The summed E-state index contributed by atoms with van der Waals surface area (Å²) in [5, 5.41) is 21.3. The molecule has 4 N–H and O–H groups in total. The molecule has 1 aliphatic carbocycles. The van der Waals surface area contributed by atoms with Gasteiger partial charge in [0.05, 0.1) is 25.2 Å². The lowest BCUT2D eigenvalue weighted by Gasteiger charge is -2.40. The van der Waals surface area contributed by atoms with Crippen molar-refractivity contribution in [3.05, 3.63) is 71.7 Å². The number of thioether (sulfide) groups is 1. The topological polar surface area (TPSA) is 103 Å². The second kappa shape index (κ2) is 29.4. The Labute approximate surface area is 304 Å². The van der Waals surface area contributed by atoms with Gasteiger partial charge >= 0.3 is 0 Å². The van der Waals surface area contributed by atoms with Crippen molar-refractivity contribution in [2.45, 2.75) is 130 Å². The fraction of sp³-hybridized carbons (Fsp3) is 0.632. The molecule has 1 aromatic carbocycles. The first-order chi connectivity index (χ1) is 23.5. The Balaban J connectivity index is 0. The quantitative estimate of drug-likeness (QED) is 0.151. The van der Waals surface area contributed by atoms with Crippen molar-refractivity contribution < 1.29 is 22.9 Å². The molecule has 7 nitrogen and oxygen atoms in total. The molecule has 3 atom stereocenters. The van der Waals surface area contributed by atoms with Crippen molar-refractivity contribution in [2.75, 3.05) is 25.7 Å². The third-order valence-electron chi connectivity index (χ3n) is 7.64. The normalized spacial score (nSPS) is 17.7. The lowest BCUT2D eigenvalue weighted by molar-refractivity contribution is -0.119. The first-order valence-electron chi connectivity index (χ1n) is 17.7. The number of aliphatic hydroxyl groups is 1. The van der Waals surface area contributed by atoms with Gasteiger partial charge in [0.1, 0.15) is 16.7 Å². The molecule has 3 rings (SSSR count). The highest BCUT2D eigenvalue weighted by Crippen LogP contribution is 2.38. The van der Waals surface area contributed by atoms with Crippen LogP contribution < -0.4 is 16.0 Å². The first-order valence-corrected chi connectivity index (χ1v) is 20.2. The van der Waals surface area contributed by atoms with Crippen molar-refractivity contribution in [2.24, 2.45) is 4.40 Å². The Morgan fingerprint density at radius 1 is 1.18 bits per heavy atom. The number of carbonyl (C=O) groups excluding carboxylic acids is 1. The van der Waals surface area contributed by atoms with E-state index >= 15 is 0 Å². The van der Waals surface area contributed by atoms with Crippen molar-refractivity contribution in [3.8, 4) is 0 Å². The molecular weight excluding hydrogens is 663 g/mol. The Bertz CT molecular complexity index is 1170. The fourth-order valence-electron chi connectivity index (χ4n) is 5.15. The summed E-state index contributed by atoms with van der Waals surface area (Å²) in [6, 6.07) is 8.13. The number of alkyl halides is 1. The number of allylic oxidation sites excluding steroid dienone is 3. The molecule has 0 saturated heterocycles. The monoisotopic (exact) mass is 728 g/mol. The minimum atomic E-state index is -1.39. The van der Waals surface area contributed by atoms with E-state index in [0.29, 0.717) is 49.1 Å². The molecule has 0 aromatic heterocycles. The fourth-order valence-corrected chi connectivity index (χ4v) is 6.55. The van der Waals surface area contributed by atoms with Crippen molar-refractivity contribution in [1.29, 1.82) is 0 Å². The largest absolute Gasteiger partial charge is 0.390 e. The molecule has 0 spiro atoms. The molecule has 1 fully saturated rings. The minimum absolute atomic E-state index is 0.236. The Kier molecular flexibility index (Phi) is 29.3. The van der Waals surface area contributed by atoms with E-state index in [1.165, 1.54) is 48.6 Å². The molecule has 1 saturated carbocycles. The number of amidine groups is 1. The van der Waals surface area contributed by atoms with Gasteiger partial charge in [-0.25, -0.2) is 8.60 Å². The van der Waals surface area contributed by atoms with Gasteiger partial charge in [-0.3, -0.25) is 9.18 Å². The maximum absolute atomic E-state index is 13.4. The van der Waals surface area contributed by atoms with Crippen LogP contribution in [0.2, 0.25) is 0 Å². The third-order valence-corrected chi connectivity index (χ3v) is 9.00. The van der Waals surface area contributed by atoms with Gasteiger partial charge in [-0.2, -0.15) is 4.40 Å². The van der Waals surface area contributed by atoms with Crippen LogP contribution in [-0.4, -0.2) is 58.3 Å². The van der Waals surface area contributed by atoms with Gasteiger partial charge in [-0.15, -0.1) is 6.58 Å². The van der Waals surface area contributed by atoms with Crippen LogP contribution in [-0.2, 0) is 21.3 Å². The van der Waals surface area contributed by atoms with Crippen LogP contribution in [0, 0.1) is 0 Å². The van der Waals surface area contributed by atoms with Crippen LogP contribution >= 0.6 is 11.8 Å². The number of hydrogen-bond acceptors (Lipinski definition) is 5. The van der Waals surface area contributed by atoms with Gasteiger partial charge in [-0.05, 0) is 62.1 Å². The van der Waals surface area contributed by atoms with E-state index in [-0.39, 0.29) is 17.3 Å². The lowest BCUT2D eigenvalue weighted by Crippen LogP contribution is -2.53. The minimum Gasteiger partial charge on any atom is -0.390 e. The zero-order valence-electron chi connectivity index (χ0n) is 31.8. The summed E-state index contributed by atoms with van der Waals surface area (Å²) in [5.41, 5.74) is 2.60. The number of carbonyl (C=O) groups is 1. The summed E-state index contributed by atoms with van der Waals surface area (Å²) in [5.74, 6) is 0.266. The number of amides is 1. The molecule has 49 heavy (non-hydrogen) atoms. The summed E-state index contributed by atoms with van der Waals surface area (Å²) >= 11 is 1.36. The molecule has 11 heteroatoms. The van der Waals surface area contributed by atoms with Gasteiger partial charge in [0.25, 0.3) is 5.91 Å². The Morgan fingerprint density at radius 2 is 1.80 bits per heavy atom. The third kappa shape index (κ3) is 19.6. The molecule has 0 bridgehead atoms. The predicted octanol–water partition coefficient (Wildman–Crippen LogP) is 9.15. The summed E-state index contributed by atoms with van der Waals surface area (Å²) < 4.78 is 38.4. The van der Waals surface area contributed by atoms with Gasteiger partial charge in [0.15, 0.2) is 5.17 Å². The summed E-state index contributed by atoms with van der Waals surface area (Å²) in [6.07, 6.45) is 12.9. The SMILES string of the molecule is C/C(F)=C\CCC(NC(=O)C1=CCS/C(=N/S(C)=O)N1)C(O)CNC1(c2cccc(C(C)C)c2)CCCCC1.C=CCC.CC.CC.CF. The molecule has 0 radical (unpaired) electrons. The highest BCUT2D eigenvalue weighted by molar-refractivity contribution is 8.14. The van der Waals surface area contributed by atoms with Gasteiger partial charge < -0.3 is 21.1 Å². The molecule has 3 unspecified atom stereocenters.